The number of esters is 1. The van der Waals surface area contributed by atoms with Gasteiger partial charge in [-0.25, -0.2) is 9.78 Å². The SMILES string of the molecule is COC(=O)c1ncn(CC2Cc3ccccc32)c1N. The van der Waals surface area contributed by atoms with Crippen molar-refractivity contribution in [3.63, 3.8) is 0 Å². The minimum Gasteiger partial charge on any atom is -0.464 e. The average Bonchev–Trinajstić information content (AvgIpc) is 2.76. The number of carbonyl (C=O) groups is 1. The monoisotopic (exact) mass is 257 g/mol. The van der Waals surface area contributed by atoms with Crippen LogP contribution < -0.4 is 5.73 Å². The molecule has 19 heavy (non-hydrogen) atoms. The van der Waals surface area contributed by atoms with E-state index in [0.29, 0.717) is 11.7 Å². The smallest absolute Gasteiger partial charge is 0.360 e. The van der Waals surface area contributed by atoms with Crippen molar-refractivity contribution in [2.75, 3.05) is 12.8 Å². The van der Waals surface area contributed by atoms with E-state index in [1.807, 2.05) is 10.6 Å². The second-order valence-corrected chi connectivity index (χ2v) is 4.72. The van der Waals surface area contributed by atoms with Gasteiger partial charge in [-0.1, -0.05) is 24.3 Å². The molecule has 1 heterocycles. The Morgan fingerprint density at radius 1 is 1.53 bits per heavy atom. The fourth-order valence-electron chi connectivity index (χ4n) is 2.55. The molecule has 0 saturated carbocycles. The number of nitrogen functional groups attached to an aromatic ring is 1. The first-order valence-electron chi connectivity index (χ1n) is 6.17. The summed E-state index contributed by atoms with van der Waals surface area (Å²) < 4.78 is 6.45. The first kappa shape index (κ1) is 11.8. The van der Waals surface area contributed by atoms with Crippen molar-refractivity contribution in [2.24, 2.45) is 0 Å². The summed E-state index contributed by atoms with van der Waals surface area (Å²) in [5, 5.41) is 0. The molecule has 1 unspecified atom stereocenters. The summed E-state index contributed by atoms with van der Waals surface area (Å²) in [5.74, 6) is 0.319. The van der Waals surface area contributed by atoms with Crippen LogP contribution in [0.15, 0.2) is 30.6 Å². The molecule has 0 fully saturated rings. The molecule has 3 rings (SSSR count). The molecule has 5 nitrogen and oxygen atoms in total. The molecule has 1 aromatic carbocycles. The van der Waals surface area contributed by atoms with Crippen molar-refractivity contribution in [3.05, 3.63) is 47.4 Å². The highest BCUT2D eigenvalue weighted by Crippen LogP contribution is 2.36. The minimum absolute atomic E-state index is 0.190. The predicted octanol–water partition coefficient (Wildman–Crippen LogP) is 1.59. The molecule has 1 aliphatic rings. The number of imidazole rings is 1. The van der Waals surface area contributed by atoms with E-state index < -0.39 is 5.97 Å². The first-order valence-corrected chi connectivity index (χ1v) is 6.17. The van der Waals surface area contributed by atoms with Gasteiger partial charge in [0.25, 0.3) is 0 Å². The Hall–Kier alpha value is -2.30. The summed E-state index contributed by atoms with van der Waals surface area (Å²) in [7, 11) is 1.32. The highest BCUT2D eigenvalue weighted by atomic mass is 16.5. The normalized spacial score (nSPS) is 16.6. The third-order valence-electron chi connectivity index (χ3n) is 3.64. The molecule has 1 atom stereocenters. The summed E-state index contributed by atoms with van der Waals surface area (Å²) in [4.78, 5) is 15.5. The topological polar surface area (TPSA) is 70.1 Å². The van der Waals surface area contributed by atoms with Crippen LogP contribution in [-0.4, -0.2) is 22.6 Å². The maximum Gasteiger partial charge on any atom is 0.360 e. The molecule has 1 aliphatic carbocycles. The summed E-state index contributed by atoms with van der Waals surface area (Å²) in [6.07, 6.45) is 2.64. The van der Waals surface area contributed by atoms with Crippen LogP contribution in [0.5, 0.6) is 0 Å². The largest absolute Gasteiger partial charge is 0.464 e. The summed E-state index contributed by atoms with van der Waals surface area (Å²) in [5.41, 5.74) is 8.86. The van der Waals surface area contributed by atoms with E-state index in [4.69, 9.17) is 5.73 Å². The van der Waals surface area contributed by atoms with Crippen LogP contribution in [0.4, 0.5) is 5.82 Å². The van der Waals surface area contributed by atoms with Gasteiger partial charge in [-0.05, 0) is 17.5 Å². The Balaban J connectivity index is 1.79. The van der Waals surface area contributed by atoms with Gasteiger partial charge >= 0.3 is 5.97 Å². The van der Waals surface area contributed by atoms with E-state index in [-0.39, 0.29) is 5.69 Å². The van der Waals surface area contributed by atoms with Gasteiger partial charge in [-0.2, -0.15) is 0 Å². The zero-order valence-corrected chi connectivity index (χ0v) is 10.7. The van der Waals surface area contributed by atoms with Gasteiger partial charge in [-0.3, -0.25) is 0 Å². The number of carbonyl (C=O) groups excluding carboxylic acids is 1. The van der Waals surface area contributed by atoms with Crippen molar-refractivity contribution < 1.29 is 9.53 Å². The first-order chi connectivity index (χ1) is 9.20. The molecule has 2 N–H and O–H groups in total. The van der Waals surface area contributed by atoms with Crippen molar-refractivity contribution in [3.8, 4) is 0 Å². The number of fused-ring (bicyclic) bond motifs is 1. The number of methoxy groups -OCH3 is 1. The second kappa shape index (κ2) is 4.42. The number of hydrogen-bond donors (Lipinski definition) is 1. The van der Waals surface area contributed by atoms with Crippen molar-refractivity contribution >= 4 is 11.8 Å². The van der Waals surface area contributed by atoms with Crippen LogP contribution in [0.1, 0.15) is 27.5 Å². The van der Waals surface area contributed by atoms with Gasteiger partial charge in [0.05, 0.1) is 13.4 Å². The van der Waals surface area contributed by atoms with Gasteiger partial charge < -0.3 is 15.0 Å². The Labute approximate surface area is 111 Å². The number of benzene rings is 1. The lowest BCUT2D eigenvalue weighted by atomic mass is 9.77. The Kier molecular flexibility index (Phi) is 2.74. The number of rotatable bonds is 3. The number of ether oxygens (including phenoxy) is 1. The molecule has 1 aromatic heterocycles. The highest BCUT2D eigenvalue weighted by molar-refractivity contribution is 5.92. The second-order valence-electron chi connectivity index (χ2n) is 4.72. The van der Waals surface area contributed by atoms with Crippen LogP contribution in [0.3, 0.4) is 0 Å². The lowest BCUT2D eigenvalue weighted by Crippen LogP contribution is -2.22. The van der Waals surface area contributed by atoms with Crippen LogP contribution in [0.25, 0.3) is 0 Å². The zero-order chi connectivity index (χ0) is 13.4. The fraction of sp³-hybridized carbons (Fsp3) is 0.286. The Bertz CT molecular complexity index is 633. The third-order valence-corrected chi connectivity index (χ3v) is 3.64. The number of nitrogens with two attached hydrogens (primary N) is 1. The summed E-state index contributed by atoms with van der Waals surface area (Å²) in [6, 6.07) is 8.37. The van der Waals surface area contributed by atoms with Crippen LogP contribution in [-0.2, 0) is 17.7 Å². The molecule has 0 aliphatic heterocycles. The van der Waals surface area contributed by atoms with Gasteiger partial charge in [0.2, 0.25) is 0 Å². The summed E-state index contributed by atoms with van der Waals surface area (Å²) >= 11 is 0. The quantitative estimate of drug-likeness (QED) is 0.848. The van der Waals surface area contributed by atoms with E-state index in [1.54, 1.807) is 6.33 Å². The standard InChI is InChI=1S/C14H15N3O2/c1-19-14(18)12-13(15)17(8-16-12)7-10-6-9-4-2-3-5-11(9)10/h2-5,8,10H,6-7,15H2,1H3. The van der Waals surface area contributed by atoms with Gasteiger partial charge in [0.15, 0.2) is 5.69 Å². The molecule has 5 heteroatoms. The van der Waals surface area contributed by atoms with Crippen molar-refractivity contribution in [2.45, 2.75) is 18.9 Å². The van der Waals surface area contributed by atoms with Gasteiger partial charge in [-0.15, -0.1) is 0 Å². The van der Waals surface area contributed by atoms with Crippen LogP contribution in [0.2, 0.25) is 0 Å². The maximum absolute atomic E-state index is 11.4. The maximum atomic E-state index is 11.4. The molecule has 0 amide bonds. The third kappa shape index (κ3) is 1.87. The molecule has 0 bridgehead atoms. The zero-order valence-electron chi connectivity index (χ0n) is 10.7. The Morgan fingerprint density at radius 3 is 3.05 bits per heavy atom. The van der Waals surface area contributed by atoms with E-state index in [2.05, 4.69) is 27.9 Å². The number of hydrogen-bond acceptors (Lipinski definition) is 4. The average molecular weight is 257 g/mol. The molecular formula is C14H15N3O2. The van der Waals surface area contributed by atoms with E-state index in [1.165, 1.54) is 18.2 Å². The van der Waals surface area contributed by atoms with Crippen molar-refractivity contribution in [1.29, 1.82) is 0 Å². The van der Waals surface area contributed by atoms with Crippen LogP contribution >= 0.6 is 0 Å². The molecule has 0 radical (unpaired) electrons. The van der Waals surface area contributed by atoms with Gasteiger partial charge in [0.1, 0.15) is 5.82 Å². The molecule has 2 aromatic rings. The predicted molar refractivity (Wildman–Crippen MR) is 70.9 cm³/mol. The molecule has 0 saturated heterocycles. The Morgan fingerprint density at radius 2 is 2.32 bits per heavy atom. The number of nitrogens with zero attached hydrogens (tertiary/aromatic N) is 2. The van der Waals surface area contributed by atoms with Crippen LogP contribution in [0, 0.1) is 0 Å². The summed E-state index contributed by atoms with van der Waals surface area (Å²) in [6.45, 7) is 0.743. The molecule has 98 valence electrons. The lowest BCUT2D eigenvalue weighted by Gasteiger charge is -2.30. The molecule has 0 spiro atoms. The number of aromatic nitrogens is 2. The fourth-order valence-corrected chi connectivity index (χ4v) is 2.55. The molecular weight excluding hydrogens is 242 g/mol. The van der Waals surface area contributed by atoms with E-state index in [9.17, 15) is 4.79 Å². The van der Waals surface area contributed by atoms with Crippen molar-refractivity contribution in [1.82, 2.24) is 9.55 Å². The van der Waals surface area contributed by atoms with E-state index in [0.717, 1.165) is 13.0 Å². The highest BCUT2D eigenvalue weighted by Gasteiger charge is 2.27. The number of anilines is 1. The van der Waals surface area contributed by atoms with E-state index >= 15 is 0 Å². The van der Waals surface area contributed by atoms with Gasteiger partial charge in [0, 0.05) is 12.5 Å². The minimum atomic E-state index is -0.495. The lowest BCUT2D eigenvalue weighted by molar-refractivity contribution is 0.0596.